The lowest BCUT2D eigenvalue weighted by molar-refractivity contribution is 0.270. The first kappa shape index (κ1) is 15.0. The monoisotopic (exact) mass is 302 g/mol. The van der Waals surface area contributed by atoms with Crippen molar-refractivity contribution in [1.82, 2.24) is 9.03 Å². The SMILES string of the molecule is CC(C)NS(=O)(=O)N1CCC(Cc2cccs2)CC1. The summed E-state index contributed by atoms with van der Waals surface area (Å²) in [5.74, 6) is 0.615. The average Bonchev–Trinajstić information content (AvgIpc) is 2.81. The fourth-order valence-corrected chi connectivity index (χ4v) is 4.70. The highest BCUT2D eigenvalue weighted by atomic mass is 32.2. The molecule has 0 aromatic carbocycles. The van der Waals surface area contributed by atoms with Crippen LogP contribution < -0.4 is 4.72 Å². The van der Waals surface area contributed by atoms with Crippen LogP contribution in [0.4, 0.5) is 0 Å². The third kappa shape index (κ3) is 4.27. The van der Waals surface area contributed by atoms with Crippen molar-refractivity contribution in [2.45, 2.75) is 39.2 Å². The zero-order valence-corrected chi connectivity index (χ0v) is 13.1. The average molecular weight is 302 g/mol. The summed E-state index contributed by atoms with van der Waals surface area (Å²) in [6, 6.07) is 4.19. The van der Waals surface area contributed by atoms with Crippen molar-refractivity contribution in [1.29, 1.82) is 0 Å². The summed E-state index contributed by atoms with van der Waals surface area (Å²) in [7, 11) is -3.28. The van der Waals surface area contributed by atoms with Gasteiger partial charge in [-0.1, -0.05) is 6.07 Å². The molecule has 1 fully saturated rings. The van der Waals surface area contributed by atoms with Crippen LogP contribution in [0.15, 0.2) is 17.5 Å². The first-order chi connectivity index (χ1) is 8.97. The Kier molecular flexibility index (Phi) is 5.00. The van der Waals surface area contributed by atoms with E-state index in [1.807, 2.05) is 13.8 Å². The topological polar surface area (TPSA) is 49.4 Å². The summed E-state index contributed by atoms with van der Waals surface area (Å²) in [5.41, 5.74) is 0. The Hall–Kier alpha value is -0.430. The molecular weight excluding hydrogens is 280 g/mol. The molecule has 1 aliphatic rings. The third-order valence-electron chi connectivity index (χ3n) is 3.37. The number of piperidine rings is 1. The van der Waals surface area contributed by atoms with Crippen molar-refractivity contribution in [3.05, 3.63) is 22.4 Å². The molecule has 0 amide bonds. The highest BCUT2D eigenvalue weighted by molar-refractivity contribution is 7.87. The zero-order valence-electron chi connectivity index (χ0n) is 11.5. The Balaban J connectivity index is 1.85. The van der Waals surface area contributed by atoms with E-state index < -0.39 is 10.2 Å². The molecule has 1 N–H and O–H groups in total. The summed E-state index contributed by atoms with van der Waals surface area (Å²) in [6.07, 6.45) is 3.00. The number of nitrogens with one attached hydrogen (secondary N) is 1. The Labute approximate surface area is 120 Å². The number of hydrogen-bond acceptors (Lipinski definition) is 3. The molecular formula is C13H22N2O2S2. The molecule has 0 spiro atoms. The lowest BCUT2D eigenvalue weighted by Gasteiger charge is -2.31. The lowest BCUT2D eigenvalue weighted by Crippen LogP contribution is -2.47. The van der Waals surface area contributed by atoms with Crippen LogP contribution in [0, 0.1) is 5.92 Å². The molecule has 0 bridgehead atoms. The van der Waals surface area contributed by atoms with Crippen molar-refractivity contribution < 1.29 is 8.42 Å². The zero-order chi connectivity index (χ0) is 13.9. The number of hydrogen-bond donors (Lipinski definition) is 1. The van der Waals surface area contributed by atoms with Crippen LogP contribution in [0.5, 0.6) is 0 Å². The van der Waals surface area contributed by atoms with Gasteiger partial charge in [-0.25, -0.2) is 0 Å². The summed E-state index contributed by atoms with van der Waals surface area (Å²) in [4.78, 5) is 1.40. The molecule has 0 saturated carbocycles. The van der Waals surface area contributed by atoms with Crippen LogP contribution in [-0.4, -0.2) is 31.9 Å². The molecule has 6 heteroatoms. The molecule has 1 aromatic heterocycles. The van der Waals surface area contributed by atoms with E-state index in [0.29, 0.717) is 19.0 Å². The summed E-state index contributed by atoms with van der Waals surface area (Å²) in [6.45, 7) is 4.97. The Morgan fingerprint density at radius 1 is 1.42 bits per heavy atom. The molecule has 0 aliphatic carbocycles. The maximum absolute atomic E-state index is 12.0. The number of nitrogens with zero attached hydrogens (tertiary/aromatic N) is 1. The molecule has 0 atom stereocenters. The van der Waals surface area contributed by atoms with E-state index in [4.69, 9.17) is 0 Å². The van der Waals surface area contributed by atoms with Gasteiger partial charge in [-0.2, -0.15) is 17.4 Å². The largest absolute Gasteiger partial charge is 0.279 e. The molecule has 0 unspecified atom stereocenters. The summed E-state index contributed by atoms with van der Waals surface area (Å²) < 4.78 is 28.3. The molecule has 1 aromatic rings. The minimum Gasteiger partial charge on any atom is -0.200 e. The van der Waals surface area contributed by atoms with E-state index in [-0.39, 0.29) is 6.04 Å². The van der Waals surface area contributed by atoms with Crippen molar-refractivity contribution >= 4 is 21.5 Å². The minimum atomic E-state index is -3.28. The highest BCUT2D eigenvalue weighted by Crippen LogP contribution is 2.24. The van der Waals surface area contributed by atoms with Crippen molar-refractivity contribution in [2.24, 2.45) is 5.92 Å². The standard InChI is InChI=1S/C13H22N2O2S2/c1-11(2)14-19(16,17)15-7-5-12(6-8-15)10-13-4-3-9-18-13/h3-4,9,11-12,14H,5-8,10H2,1-2H3. The second-order valence-corrected chi connectivity index (χ2v) is 8.14. The molecule has 1 aliphatic heterocycles. The highest BCUT2D eigenvalue weighted by Gasteiger charge is 2.28. The quantitative estimate of drug-likeness (QED) is 0.907. The van der Waals surface area contributed by atoms with Gasteiger partial charge in [0.2, 0.25) is 0 Å². The normalized spacial score (nSPS) is 19.1. The van der Waals surface area contributed by atoms with E-state index in [2.05, 4.69) is 22.2 Å². The van der Waals surface area contributed by atoms with E-state index in [0.717, 1.165) is 19.3 Å². The second kappa shape index (κ2) is 6.35. The van der Waals surface area contributed by atoms with Gasteiger partial charge in [-0.15, -0.1) is 11.3 Å². The fraction of sp³-hybridized carbons (Fsp3) is 0.692. The lowest BCUT2D eigenvalue weighted by atomic mass is 9.94. The van der Waals surface area contributed by atoms with Crippen LogP contribution in [0.1, 0.15) is 31.6 Å². The maximum Gasteiger partial charge on any atom is 0.279 e. The van der Waals surface area contributed by atoms with Gasteiger partial charge in [0.15, 0.2) is 0 Å². The Morgan fingerprint density at radius 2 is 2.11 bits per heavy atom. The molecule has 4 nitrogen and oxygen atoms in total. The predicted octanol–water partition coefficient (Wildman–Crippen LogP) is 2.25. The molecule has 108 valence electrons. The van der Waals surface area contributed by atoms with Crippen LogP contribution >= 0.6 is 11.3 Å². The fourth-order valence-electron chi connectivity index (χ4n) is 2.44. The first-order valence-electron chi connectivity index (χ1n) is 6.77. The molecule has 19 heavy (non-hydrogen) atoms. The smallest absolute Gasteiger partial charge is 0.200 e. The van der Waals surface area contributed by atoms with Gasteiger partial charge in [-0.3, -0.25) is 0 Å². The van der Waals surface area contributed by atoms with E-state index in [1.54, 1.807) is 15.6 Å². The molecule has 0 radical (unpaired) electrons. The van der Waals surface area contributed by atoms with Crippen molar-refractivity contribution in [2.75, 3.05) is 13.1 Å². The Bertz CT molecular complexity index is 475. The van der Waals surface area contributed by atoms with E-state index in [1.165, 1.54) is 4.88 Å². The predicted molar refractivity (Wildman–Crippen MR) is 79.5 cm³/mol. The molecule has 2 rings (SSSR count). The second-order valence-electron chi connectivity index (χ2n) is 5.40. The summed E-state index contributed by atoms with van der Waals surface area (Å²) >= 11 is 1.79. The van der Waals surface area contributed by atoms with E-state index >= 15 is 0 Å². The summed E-state index contributed by atoms with van der Waals surface area (Å²) in [5, 5.41) is 2.10. The van der Waals surface area contributed by atoms with Gasteiger partial charge in [0.1, 0.15) is 0 Å². The van der Waals surface area contributed by atoms with Crippen LogP contribution in [0.3, 0.4) is 0 Å². The third-order valence-corrected chi connectivity index (χ3v) is 6.08. The molecule has 1 saturated heterocycles. The number of thiophene rings is 1. The van der Waals surface area contributed by atoms with Gasteiger partial charge in [0, 0.05) is 24.0 Å². The molecule has 2 heterocycles. The van der Waals surface area contributed by atoms with Crippen LogP contribution in [0.25, 0.3) is 0 Å². The van der Waals surface area contributed by atoms with Gasteiger partial charge in [0.05, 0.1) is 0 Å². The number of rotatable bonds is 5. The van der Waals surface area contributed by atoms with E-state index in [9.17, 15) is 8.42 Å². The first-order valence-corrected chi connectivity index (χ1v) is 9.09. The Morgan fingerprint density at radius 3 is 2.63 bits per heavy atom. The van der Waals surface area contributed by atoms with Crippen LogP contribution in [-0.2, 0) is 16.6 Å². The van der Waals surface area contributed by atoms with Crippen molar-refractivity contribution in [3.63, 3.8) is 0 Å². The van der Waals surface area contributed by atoms with Gasteiger partial charge in [0.25, 0.3) is 10.2 Å². The maximum atomic E-state index is 12.0. The van der Waals surface area contributed by atoms with Gasteiger partial charge in [-0.05, 0) is 50.5 Å². The van der Waals surface area contributed by atoms with Gasteiger partial charge >= 0.3 is 0 Å². The van der Waals surface area contributed by atoms with Gasteiger partial charge < -0.3 is 0 Å². The minimum absolute atomic E-state index is 0.0474. The van der Waals surface area contributed by atoms with Crippen molar-refractivity contribution in [3.8, 4) is 0 Å². The van der Waals surface area contributed by atoms with Crippen LogP contribution in [0.2, 0.25) is 0 Å².